The Hall–Kier alpha value is -2.71. The van der Waals surface area contributed by atoms with Crippen LogP contribution in [0.5, 0.6) is 0 Å². The van der Waals surface area contributed by atoms with Gasteiger partial charge >= 0.3 is 0 Å². The van der Waals surface area contributed by atoms with Gasteiger partial charge in [-0.3, -0.25) is 4.79 Å². The van der Waals surface area contributed by atoms with E-state index in [1.54, 1.807) is 12.1 Å². The molecule has 1 aromatic carbocycles. The standard InChI is InChI=1S/C14H18FN7O/c15-11-3-1-2-4-12(11)21-6-5-10(8-21)7-17-13(23)9-22-14(16)18-19-20-22/h1-4,10H,5-9H2,(H,17,23)(H2,16,18,20). The van der Waals surface area contributed by atoms with Gasteiger partial charge in [0.25, 0.3) is 0 Å². The van der Waals surface area contributed by atoms with Crippen molar-refractivity contribution < 1.29 is 9.18 Å². The first-order valence-corrected chi connectivity index (χ1v) is 7.41. The lowest BCUT2D eigenvalue weighted by molar-refractivity contribution is -0.122. The molecule has 1 aliphatic rings. The fourth-order valence-corrected chi connectivity index (χ4v) is 2.70. The molecule has 1 aromatic heterocycles. The maximum absolute atomic E-state index is 13.8. The summed E-state index contributed by atoms with van der Waals surface area (Å²) in [5, 5.41) is 13.4. The molecule has 2 heterocycles. The number of nitrogens with one attached hydrogen (secondary N) is 1. The number of carbonyl (C=O) groups is 1. The minimum atomic E-state index is -0.216. The lowest BCUT2D eigenvalue weighted by Gasteiger charge is -2.19. The molecule has 3 rings (SSSR count). The van der Waals surface area contributed by atoms with Crippen LogP contribution in [0.15, 0.2) is 24.3 Å². The molecule has 1 aliphatic heterocycles. The third-order valence-corrected chi connectivity index (χ3v) is 3.92. The van der Waals surface area contributed by atoms with E-state index in [-0.39, 0.29) is 30.1 Å². The zero-order valence-electron chi connectivity index (χ0n) is 12.5. The number of nitrogens with two attached hydrogens (primary N) is 1. The van der Waals surface area contributed by atoms with Gasteiger partial charge in [-0.25, -0.2) is 9.07 Å². The van der Waals surface area contributed by atoms with Crippen LogP contribution in [0.1, 0.15) is 6.42 Å². The molecule has 8 nitrogen and oxygen atoms in total. The molecule has 23 heavy (non-hydrogen) atoms. The van der Waals surface area contributed by atoms with E-state index in [1.807, 2.05) is 11.0 Å². The number of carbonyl (C=O) groups excluding carboxylic acids is 1. The van der Waals surface area contributed by atoms with Crippen molar-refractivity contribution in [2.75, 3.05) is 30.3 Å². The number of amides is 1. The van der Waals surface area contributed by atoms with Crippen LogP contribution in [0.4, 0.5) is 16.0 Å². The van der Waals surface area contributed by atoms with E-state index in [2.05, 4.69) is 20.8 Å². The van der Waals surface area contributed by atoms with Crippen LogP contribution in [0.25, 0.3) is 0 Å². The number of hydrogen-bond donors (Lipinski definition) is 2. The smallest absolute Gasteiger partial charge is 0.241 e. The number of aromatic nitrogens is 4. The summed E-state index contributed by atoms with van der Waals surface area (Å²) in [5.41, 5.74) is 6.12. The molecule has 9 heteroatoms. The highest BCUT2D eigenvalue weighted by atomic mass is 19.1. The van der Waals surface area contributed by atoms with Gasteiger partial charge in [-0.05, 0) is 34.9 Å². The number of nitrogens with zero attached hydrogens (tertiary/aromatic N) is 5. The van der Waals surface area contributed by atoms with E-state index in [0.29, 0.717) is 18.8 Å². The van der Waals surface area contributed by atoms with Crippen molar-refractivity contribution in [1.82, 2.24) is 25.5 Å². The van der Waals surface area contributed by atoms with Crippen LogP contribution in [0.2, 0.25) is 0 Å². The minimum absolute atomic E-state index is 0.0113. The minimum Gasteiger partial charge on any atom is -0.369 e. The van der Waals surface area contributed by atoms with Crippen molar-refractivity contribution in [3.05, 3.63) is 30.1 Å². The third-order valence-electron chi connectivity index (χ3n) is 3.92. The molecule has 3 N–H and O–H groups in total. The summed E-state index contributed by atoms with van der Waals surface area (Å²) in [7, 11) is 0. The highest BCUT2D eigenvalue weighted by Gasteiger charge is 2.24. The van der Waals surface area contributed by atoms with E-state index in [9.17, 15) is 9.18 Å². The van der Waals surface area contributed by atoms with E-state index >= 15 is 0 Å². The van der Waals surface area contributed by atoms with Gasteiger partial charge in [0.15, 0.2) is 0 Å². The lowest BCUT2D eigenvalue weighted by Crippen LogP contribution is -2.33. The Balaban J connectivity index is 1.48. The monoisotopic (exact) mass is 319 g/mol. The number of halogens is 1. The molecule has 0 radical (unpaired) electrons. The molecule has 1 atom stereocenters. The Kier molecular flexibility index (Phi) is 4.35. The normalized spacial score (nSPS) is 17.4. The summed E-state index contributed by atoms with van der Waals surface area (Å²) < 4.78 is 15.0. The second kappa shape index (κ2) is 6.59. The largest absolute Gasteiger partial charge is 0.369 e. The molecule has 0 spiro atoms. The second-order valence-electron chi connectivity index (χ2n) is 5.55. The predicted molar refractivity (Wildman–Crippen MR) is 82.0 cm³/mol. The Morgan fingerprint density at radius 3 is 3.00 bits per heavy atom. The Morgan fingerprint density at radius 1 is 1.43 bits per heavy atom. The van der Waals surface area contributed by atoms with Crippen molar-refractivity contribution in [2.24, 2.45) is 5.92 Å². The topological polar surface area (TPSA) is 102 Å². The second-order valence-corrected chi connectivity index (χ2v) is 5.55. The summed E-state index contributed by atoms with van der Waals surface area (Å²) in [4.78, 5) is 13.9. The van der Waals surface area contributed by atoms with Crippen molar-refractivity contribution in [3.63, 3.8) is 0 Å². The predicted octanol–water partition coefficient (Wildman–Crippen LogP) is 0.0371. The maximum Gasteiger partial charge on any atom is 0.241 e. The van der Waals surface area contributed by atoms with Gasteiger partial charge in [-0.2, -0.15) is 0 Å². The van der Waals surface area contributed by atoms with E-state index < -0.39 is 0 Å². The molecular weight excluding hydrogens is 301 g/mol. The van der Waals surface area contributed by atoms with Gasteiger partial charge in [0, 0.05) is 19.6 Å². The van der Waals surface area contributed by atoms with Crippen LogP contribution in [-0.4, -0.2) is 45.7 Å². The van der Waals surface area contributed by atoms with Crippen LogP contribution in [0.3, 0.4) is 0 Å². The zero-order chi connectivity index (χ0) is 16.2. The average Bonchev–Trinajstić information content (AvgIpc) is 3.16. The number of anilines is 2. The van der Waals surface area contributed by atoms with Crippen LogP contribution in [0, 0.1) is 11.7 Å². The number of para-hydroxylation sites is 1. The number of nitrogen functional groups attached to an aromatic ring is 1. The van der Waals surface area contributed by atoms with Crippen molar-refractivity contribution in [2.45, 2.75) is 13.0 Å². The first-order chi connectivity index (χ1) is 11.1. The van der Waals surface area contributed by atoms with Gasteiger partial charge in [0.1, 0.15) is 12.4 Å². The molecule has 1 amide bonds. The summed E-state index contributed by atoms with van der Waals surface area (Å²) in [6.07, 6.45) is 0.904. The molecular formula is C14H18FN7O. The molecule has 0 saturated carbocycles. The van der Waals surface area contributed by atoms with E-state index in [0.717, 1.165) is 13.0 Å². The molecule has 122 valence electrons. The lowest BCUT2D eigenvalue weighted by atomic mass is 10.1. The summed E-state index contributed by atoms with van der Waals surface area (Å²) in [6.45, 7) is 2.02. The molecule has 2 aromatic rings. The summed E-state index contributed by atoms with van der Waals surface area (Å²) >= 11 is 0. The molecule has 1 saturated heterocycles. The maximum atomic E-state index is 13.8. The molecule has 1 fully saturated rings. The third kappa shape index (κ3) is 3.55. The van der Waals surface area contributed by atoms with E-state index in [1.165, 1.54) is 10.7 Å². The van der Waals surface area contributed by atoms with Crippen LogP contribution in [-0.2, 0) is 11.3 Å². The average molecular weight is 319 g/mol. The number of tetrazole rings is 1. The van der Waals surface area contributed by atoms with Crippen LogP contribution < -0.4 is 16.0 Å². The van der Waals surface area contributed by atoms with Gasteiger partial charge in [-0.1, -0.05) is 17.2 Å². The van der Waals surface area contributed by atoms with Gasteiger partial charge in [0.05, 0.1) is 5.69 Å². The van der Waals surface area contributed by atoms with Crippen LogP contribution >= 0.6 is 0 Å². The highest BCUT2D eigenvalue weighted by Crippen LogP contribution is 2.25. The summed E-state index contributed by atoms with van der Waals surface area (Å²) in [5.74, 6) is -0.0313. The van der Waals surface area contributed by atoms with Crippen molar-refractivity contribution in [3.8, 4) is 0 Å². The molecule has 0 bridgehead atoms. The summed E-state index contributed by atoms with van der Waals surface area (Å²) in [6, 6.07) is 6.74. The number of rotatable bonds is 5. The Bertz CT molecular complexity index is 689. The fourth-order valence-electron chi connectivity index (χ4n) is 2.70. The molecule has 0 aliphatic carbocycles. The number of benzene rings is 1. The first kappa shape index (κ1) is 15.2. The highest BCUT2D eigenvalue weighted by molar-refractivity contribution is 5.75. The quantitative estimate of drug-likeness (QED) is 0.806. The Morgan fingerprint density at radius 2 is 2.26 bits per heavy atom. The van der Waals surface area contributed by atoms with Gasteiger partial charge in [-0.15, -0.1) is 0 Å². The SMILES string of the molecule is Nc1nnnn1CC(=O)NCC1CCN(c2ccccc2F)C1. The fraction of sp³-hybridized carbons (Fsp3) is 0.429. The van der Waals surface area contributed by atoms with Gasteiger partial charge < -0.3 is 16.0 Å². The first-order valence-electron chi connectivity index (χ1n) is 7.41. The Labute approximate surface area is 132 Å². The van der Waals surface area contributed by atoms with Gasteiger partial charge in [0.2, 0.25) is 11.9 Å². The van der Waals surface area contributed by atoms with E-state index in [4.69, 9.17) is 5.73 Å². The number of hydrogen-bond acceptors (Lipinski definition) is 6. The zero-order valence-corrected chi connectivity index (χ0v) is 12.5. The van der Waals surface area contributed by atoms with Crippen molar-refractivity contribution in [1.29, 1.82) is 0 Å². The molecule has 1 unspecified atom stereocenters. The van der Waals surface area contributed by atoms with Crippen molar-refractivity contribution >= 4 is 17.5 Å².